The lowest BCUT2D eigenvalue weighted by molar-refractivity contribution is 0.0313. The third-order valence-corrected chi connectivity index (χ3v) is 3.84. The van der Waals surface area contributed by atoms with Gasteiger partial charge in [0.25, 0.3) is 0 Å². The molecular weight excluding hydrogens is 326 g/mol. The topological polar surface area (TPSA) is 56.3 Å². The number of pyridine rings is 1. The highest BCUT2D eigenvalue weighted by Gasteiger charge is 2.21. The monoisotopic (exact) mass is 339 g/mol. The summed E-state index contributed by atoms with van der Waals surface area (Å²) in [5.74, 6) is -0.920. The SMILES string of the molecule is C[C@@H](OC(=O)c1ccc2ccccc2n1)C(=O)c1ccc(Cl)cc1. The highest BCUT2D eigenvalue weighted by Crippen LogP contribution is 2.15. The number of carbonyl (C=O) groups is 2. The Bertz CT molecular complexity index is 906. The molecule has 0 unspecified atom stereocenters. The molecule has 2 aromatic carbocycles. The number of carbonyl (C=O) groups excluding carboxylic acids is 2. The highest BCUT2D eigenvalue weighted by atomic mass is 35.5. The van der Waals surface area contributed by atoms with Gasteiger partial charge in [-0.3, -0.25) is 4.79 Å². The van der Waals surface area contributed by atoms with E-state index < -0.39 is 12.1 Å². The van der Waals surface area contributed by atoms with Gasteiger partial charge < -0.3 is 4.74 Å². The molecule has 5 heteroatoms. The van der Waals surface area contributed by atoms with Crippen molar-refractivity contribution in [3.63, 3.8) is 0 Å². The van der Waals surface area contributed by atoms with Crippen LogP contribution < -0.4 is 0 Å². The second-order valence-corrected chi connectivity index (χ2v) is 5.74. The van der Waals surface area contributed by atoms with Crippen molar-refractivity contribution in [1.29, 1.82) is 0 Å². The van der Waals surface area contributed by atoms with E-state index in [0.29, 0.717) is 16.1 Å². The Morgan fingerprint density at radius 2 is 1.71 bits per heavy atom. The quantitative estimate of drug-likeness (QED) is 0.525. The summed E-state index contributed by atoms with van der Waals surface area (Å²) in [6, 6.07) is 17.3. The lowest BCUT2D eigenvalue weighted by atomic mass is 10.1. The van der Waals surface area contributed by atoms with Crippen LogP contribution in [0.25, 0.3) is 10.9 Å². The minimum Gasteiger partial charge on any atom is -0.450 e. The summed E-state index contributed by atoms with van der Waals surface area (Å²) in [6.45, 7) is 1.54. The van der Waals surface area contributed by atoms with Gasteiger partial charge in [0.15, 0.2) is 6.10 Å². The maximum absolute atomic E-state index is 12.3. The van der Waals surface area contributed by atoms with Crippen molar-refractivity contribution in [1.82, 2.24) is 4.98 Å². The van der Waals surface area contributed by atoms with E-state index in [1.54, 1.807) is 36.4 Å². The molecule has 0 aliphatic carbocycles. The first-order valence-electron chi connectivity index (χ1n) is 7.41. The summed E-state index contributed by atoms with van der Waals surface area (Å²) in [7, 11) is 0. The number of hydrogen-bond donors (Lipinski definition) is 0. The number of ether oxygens (including phenoxy) is 1. The number of hydrogen-bond acceptors (Lipinski definition) is 4. The normalized spacial score (nSPS) is 11.9. The van der Waals surface area contributed by atoms with Gasteiger partial charge in [0, 0.05) is 16.0 Å². The largest absolute Gasteiger partial charge is 0.450 e. The summed E-state index contributed by atoms with van der Waals surface area (Å²) < 4.78 is 5.25. The lowest BCUT2D eigenvalue weighted by Gasteiger charge is -2.12. The molecule has 24 heavy (non-hydrogen) atoms. The molecule has 0 amide bonds. The van der Waals surface area contributed by atoms with E-state index in [9.17, 15) is 9.59 Å². The van der Waals surface area contributed by atoms with Crippen molar-refractivity contribution >= 4 is 34.3 Å². The van der Waals surface area contributed by atoms with Gasteiger partial charge in [-0.1, -0.05) is 35.9 Å². The summed E-state index contributed by atoms with van der Waals surface area (Å²) >= 11 is 5.80. The lowest BCUT2D eigenvalue weighted by Crippen LogP contribution is -2.24. The van der Waals surface area contributed by atoms with Crippen LogP contribution in [0.3, 0.4) is 0 Å². The highest BCUT2D eigenvalue weighted by molar-refractivity contribution is 6.30. The Balaban J connectivity index is 1.75. The number of esters is 1. The van der Waals surface area contributed by atoms with Crippen LogP contribution in [0.5, 0.6) is 0 Å². The molecule has 0 N–H and O–H groups in total. The molecule has 3 rings (SSSR count). The number of halogens is 1. The number of Topliss-reactive ketones (excluding diaryl/α,β-unsaturated/α-hetero) is 1. The molecule has 4 nitrogen and oxygen atoms in total. The van der Waals surface area contributed by atoms with Gasteiger partial charge in [0.1, 0.15) is 5.69 Å². The second-order valence-electron chi connectivity index (χ2n) is 5.31. The van der Waals surface area contributed by atoms with E-state index in [1.807, 2.05) is 24.3 Å². The van der Waals surface area contributed by atoms with Crippen LogP contribution in [0.1, 0.15) is 27.8 Å². The predicted molar refractivity (Wildman–Crippen MR) is 92.4 cm³/mol. The average Bonchev–Trinajstić information content (AvgIpc) is 2.61. The maximum Gasteiger partial charge on any atom is 0.357 e. The van der Waals surface area contributed by atoms with Crippen LogP contribution in [0, 0.1) is 0 Å². The van der Waals surface area contributed by atoms with Crippen LogP contribution in [0.2, 0.25) is 5.02 Å². The third kappa shape index (κ3) is 3.44. The summed E-state index contributed by atoms with van der Waals surface area (Å²) in [5, 5.41) is 1.47. The van der Waals surface area contributed by atoms with Gasteiger partial charge in [0.05, 0.1) is 5.52 Å². The minimum atomic E-state index is -0.910. The van der Waals surface area contributed by atoms with Gasteiger partial charge in [-0.05, 0) is 43.3 Å². The van der Waals surface area contributed by atoms with Gasteiger partial charge >= 0.3 is 5.97 Å². The van der Waals surface area contributed by atoms with Crippen molar-refractivity contribution in [2.45, 2.75) is 13.0 Å². The van der Waals surface area contributed by atoms with Gasteiger partial charge in [0.2, 0.25) is 5.78 Å². The van der Waals surface area contributed by atoms with Crippen molar-refractivity contribution in [2.24, 2.45) is 0 Å². The van der Waals surface area contributed by atoms with Crippen LogP contribution in [0.15, 0.2) is 60.7 Å². The Labute approximate surface area is 144 Å². The second kappa shape index (κ2) is 6.81. The third-order valence-electron chi connectivity index (χ3n) is 3.59. The molecular formula is C19H14ClNO3. The molecule has 1 atom stereocenters. The number of ketones is 1. The van der Waals surface area contributed by atoms with E-state index >= 15 is 0 Å². The molecule has 0 aliphatic heterocycles. The van der Waals surface area contributed by atoms with E-state index in [1.165, 1.54) is 6.92 Å². The van der Waals surface area contributed by atoms with Crippen LogP contribution in [-0.4, -0.2) is 22.8 Å². The first-order chi connectivity index (χ1) is 11.5. The molecule has 1 heterocycles. The molecule has 0 spiro atoms. The fraction of sp³-hybridized carbons (Fsp3) is 0.105. The van der Waals surface area contributed by atoms with Crippen LogP contribution in [0.4, 0.5) is 0 Å². The van der Waals surface area contributed by atoms with Gasteiger partial charge in [-0.25, -0.2) is 9.78 Å². The van der Waals surface area contributed by atoms with Crippen LogP contribution >= 0.6 is 11.6 Å². The smallest absolute Gasteiger partial charge is 0.357 e. The van der Waals surface area contributed by atoms with Gasteiger partial charge in [-0.15, -0.1) is 0 Å². The molecule has 0 radical (unpaired) electrons. The zero-order valence-electron chi connectivity index (χ0n) is 12.9. The average molecular weight is 340 g/mol. The summed E-state index contributed by atoms with van der Waals surface area (Å²) in [6.07, 6.45) is -0.910. The molecule has 0 aliphatic rings. The number of fused-ring (bicyclic) bond motifs is 1. The molecule has 120 valence electrons. The number of aromatic nitrogens is 1. The Hall–Kier alpha value is -2.72. The molecule has 3 aromatic rings. The number of benzene rings is 2. The Morgan fingerprint density at radius 1 is 1.00 bits per heavy atom. The van der Waals surface area contributed by atoms with Crippen molar-refractivity contribution in [2.75, 3.05) is 0 Å². The molecule has 0 fully saturated rings. The number of nitrogens with zero attached hydrogens (tertiary/aromatic N) is 1. The minimum absolute atomic E-state index is 0.171. The number of para-hydroxylation sites is 1. The molecule has 1 aromatic heterocycles. The molecule has 0 saturated carbocycles. The van der Waals surface area contributed by atoms with E-state index in [0.717, 1.165) is 5.39 Å². The zero-order chi connectivity index (χ0) is 17.1. The summed E-state index contributed by atoms with van der Waals surface area (Å²) in [4.78, 5) is 28.8. The fourth-order valence-electron chi connectivity index (χ4n) is 2.30. The van der Waals surface area contributed by atoms with E-state index in [4.69, 9.17) is 16.3 Å². The van der Waals surface area contributed by atoms with Crippen molar-refractivity contribution in [3.8, 4) is 0 Å². The zero-order valence-corrected chi connectivity index (χ0v) is 13.7. The van der Waals surface area contributed by atoms with Crippen molar-refractivity contribution < 1.29 is 14.3 Å². The standard InChI is InChI=1S/C19H14ClNO3/c1-12(18(22)14-6-9-15(20)10-7-14)24-19(23)17-11-8-13-4-2-3-5-16(13)21-17/h2-12H,1H3/t12-/m1/s1. The predicted octanol–water partition coefficient (Wildman–Crippen LogP) is 4.32. The van der Waals surface area contributed by atoms with E-state index in [2.05, 4.69) is 4.98 Å². The molecule has 0 bridgehead atoms. The van der Waals surface area contributed by atoms with Gasteiger partial charge in [-0.2, -0.15) is 0 Å². The first-order valence-corrected chi connectivity index (χ1v) is 7.79. The Morgan fingerprint density at radius 3 is 2.46 bits per heavy atom. The van der Waals surface area contributed by atoms with Crippen LogP contribution in [-0.2, 0) is 4.74 Å². The molecule has 0 saturated heterocycles. The fourth-order valence-corrected chi connectivity index (χ4v) is 2.43. The maximum atomic E-state index is 12.3. The number of rotatable bonds is 4. The Kier molecular flexibility index (Phi) is 4.58. The first kappa shape index (κ1) is 16.1. The van der Waals surface area contributed by atoms with Crippen molar-refractivity contribution in [3.05, 3.63) is 76.9 Å². The summed E-state index contributed by atoms with van der Waals surface area (Å²) in [5.41, 5.74) is 1.30. The van der Waals surface area contributed by atoms with E-state index in [-0.39, 0.29) is 11.5 Å².